The Kier molecular flexibility index (Phi) is 6.67. The van der Waals surface area contributed by atoms with Gasteiger partial charge in [0.25, 0.3) is 5.91 Å². The van der Waals surface area contributed by atoms with Crippen LogP contribution in [0.2, 0.25) is 5.02 Å². The number of carbonyl (C=O) groups excluding carboxylic acids is 2. The van der Waals surface area contributed by atoms with Gasteiger partial charge in [0, 0.05) is 37.2 Å². The molecule has 3 aliphatic heterocycles. The molecule has 5 rings (SSSR count). The van der Waals surface area contributed by atoms with Crippen LogP contribution >= 0.6 is 11.6 Å². The average Bonchev–Trinajstić information content (AvgIpc) is 3.14. The number of ether oxygens (including phenoxy) is 1. The van der Waals surface area contributed by atoms with Crippen molar-refractivity contribution in [2.24, 2.45) is 0 Å². The summed E-state index contributed by atoms with van der Waals surface area (Å²) in [6, 6.07) is 6.03. The molecule has 0 N–H and O–H groups in total. The quantitative estimate of drug-likeness (QED) is 0.337. The fourth-order valence-corrected chi connectivity index (χ4v) is 5.97. The lowest BCUT2D eigenvalue weighted by Crippen LogP contribution is -2.57. The van der Waals surface area contributed by atoms with Crippen LogP contribution in [0.3, 0.4) is 0 Å². The lowest BCUT2D eigenvalue weighted by atomic mass is 9.99. The lowest BCUT2D eigenvalue weighted by molar-refractivity contribution is -0.525. The van der Waals surface area contributed by atoms with E-state index in [-0.39, 0.29) is 63.6 Å². The predicted molar refractivity (Wildman–Crippen MR) is 145 cm³/mol. The number of hydrogen-bond acceptors (Lipinski definition) is 5. The molecule has 2 atom stereocenters. The topological polar surface area (TPSA) is 69.0 Å². The molecule has 200 valence electrons. The summed E-state index contributed by atoms with van der Waals surface area (Å²) in [5.74, 6) is -0.326. The smallest absolute Gasteiger partial charge is 0.261 e. The van der Waals surface area contributed by atoms with E-state index in [1.807, 2.05) is 11.6 Å². The van der Waals surface area contributed by atoms with Gasteiger partial charge in [0.2, 0.25) is 5.91 Å². The zero-order valence-electron chi connectivity index (χ0n) is 21.9. The van der Waals surface area contributed by atoms with Crippen molar-refractivity contribution in [1.82, 2.24) is 14.8 Å². The minimum Gasteiger partial charge on any atom is -0.489 e. The Morgan fingerprint density at radius 3 is 2.68 bits per heavy atom. The molecule has 0 radical (unpaired) electrons. The first-order chi connectivity index (χ1) is 18.0. The first kappa shape index (κ1) is 26.2. The van der Waals surface area contributed by atoms with E-state index >= 15 is 0 Å². The van der Waals surface area contributed by atoms with Crippen molar-refractivity contribution in [2.45, 2.75) is 37.9 Å². The fourth-order valence-electron chi connectivity index (χ4n) is 5.68. The van der Waals surface area contributed by atoms with Crippen molar-refractivity contribution in [3.05, 3.63) is 53.3 Å². The summed E-state index contributed by atoms with van der Waals surface area (Å²) >= 11 is 6.86. The number of carbonyl (C=O) groups is 2. The molecular formula is C28H32ClFN5O3+. The van der Waals surface area contributed by atoms with Gasteiger partial charge in [0.1, 0.15) is 42.6 Å². The summed E-state index contributed by atoms with van der Waals surface area (Å²) in [5, 5.41) is 0.0869. The van der Waals surface area contributed by atoms with Gasteiger partial charge in [-0.2, -0.15) is 0 Å². The van der Waals surface area contributed by atoms with Crippen molar-refractivity contribution in [3.8, 4) is 17.0 Å². The average molecular weight is 541 g/mol. The zero-order valence-corrected chi connectivity index (χ0v) is 22.7. The van der Waals surface area contributed by atoms with Crippen LogP contribution in [-0.2, 0) is 4.79 Å². The molecule has 2 fully saturated rings. The number of piperazine rings is 1. The highest BCUT2D eigenvalue weighted by Gasteiger charge is 2.47. The van der Waals surface area contributed by atoms with Gasteiger partial charge in [-0.1, -0.05) is 30.3 Å². The Bertz CT molecular complexity index is 1350. The summed E-state index contributed by atoms with van der Waals surface area (Å²) in [4.78, 5) is 36.8. The van der Waals surface area contributed by atoms with E-state index in [1.54, 1.807) is 28.0 Å². The van der Waals surface area contributed by atoms with E-state index in [2.05, 4.69) is 32.0 Å². The van der Waals surface area contributed by atoms with Gasteiger partial charge in [-0.25, -0.2) is 13.9 Å². The molecule has 2 amide bonds. The van der Waals surface area contributed by atoms with Gasteiger partial charge < -0.3 is 19.4 Å². The summed E-state index contributed by atoms with van der Waals surface area (Å²) in [6.45, 7) is 13.6. The van der Waals surface area contributed by atoms with E-state index in [9.17, 15) is 14.0 Å². The van der Waals surface area contributed by atoms with Crippen LogP contribution in [-0.4, -0.2) is 95.3 Å². The van der Waals surface area contributed by atoms with Gasteiger partial charge in [0.15, 0.2) is 11.8 Å². The number of aromatic nitrogens is 1. The first-order valence-electron chi connectivity index (χ1n) is 12.7. The van der Waals surface area contributed by atoms with Crippen molar-refractivity contribution in [3.63, 3.8) is 0 Å². The molecule has 0 spiro atoms. The molecule has 0 bridgehead atoms. The summed E-state index contributed by atoms with van der Waals surface area (Å²) in [6.07, 6.45) is 2.07. The molecule has 2 aromatic rings. The summed E-state index contributed by atoms with van der Waals surface area (Å²) < 4.78 is 23.1. The second kappa shape index (κ2) is 9.69. The van der Waals surface area contributed by atoms with Gasteiger partial charge in [-0.15, -0.1) is 0 Å². The van der Waals surface area contributed by atoms with E-state index in [1.165, 1.54) is 12.1 Å². The zero-order chi connectivity index (χ0) is 27.4. The minimum atomic E-state index is -0.472. The summed E-state index contributed by atoms with van der Waals surface area (Å²) in [7, 11) is 1.92. The maximum atomic E-state index is 15.0. The number of benzene rings is 1. The number of fused-ring (bicyclic) bond motifs is 2. The third-order valence-electron chi connectivity index (χ3n) is 7.81. The number of likely N-dealkylation sites (N-methyl/N-ethyl adjacent to an activating group) is 1. The largest absolute Gasteiger partial charge is 0.489 e. The van der Waals surface area contributed by atoms with Crippen molar-refractivity contribution in [1.29, 1.82) is 0 Å². The van der Waals surface area contributed by atoms with Gasteiger partial charge in [-0.3, -0.25) is 9.59 Å². The standard InChI is InChI=1S/C28H32ClFN5O3/c1-6-21(36)33-11-12-34-18(14-33)16-38-25-22(27(34)37)26(35-15-17(32(4)5)13-28(35,2)3)31-24(23(25)29)19-9-7-8-10-20(19)30/h6-10,17-18H,1,4,11-16H2,2-3,5H3/q+1/t17-,18-/m1/s1. The number of pyridine rings is 1. The molecule has 4 heterocycles. The fraction of sp³-hybridized carbons (Fsp3) is 0.429. The molecule has 8 nitrogen and oxygen atoms in total. The molecule has 38 heavy (non-hydrogen) atoms. The Morgan fingerprint density at radius 1 is 1.29 bits per heavy atom. The monoisotopic (exact) mass is 540 g/mol. The van der Waals surface area contributed by atoms with Crippen LogP contribution in [0.15, 0.2) is 36.9 Å². The number of rotatable bonds is 4. The molecule has 1 aromatic carbocycles. The number of hydrogen-bond donors (Lipinski definition) is 0. The van der Waals surface area contributed by atoms with E-state index in [4.69, 9.17) is 21.3 Å². The van der Waals surface area contributed by atoms with Gasteiger partial charge in [0.05, 0.1) is 18.3 Å². The van der Waals surface area contributed by atoms with E-state index in [0.29, 0.717) is 32.0 Å². The van der Waals surface area contributed by atoms with Crippen LogP contribution in [0, 0.1) is 5.82 Å². The molecule has 0 saturated carbocycles. The highest BCUT2D eigenvalue weighted by atomic mass is 35.5. The Morgan fingerprint density at radius 2 is 2.03 bits per heavy atom. The molecule has 10 heteroatoms. The van der Waals surface area contributed by atoms with Crippen LogP contribution in [0.5, 0.6) is 5.75 Å². The van der Waals surface area contributed by atoms with Crippen molar-refractivity contribution < 1.29 is 23.3 Å². The van der Waals surface area contributed by atoms with E-state index in [0.717, 1.165) is 6.42 Å². The Balaban J connectivity index is 1.68. The number of nitrogens with zero attached hydrogens (tertiary/aromatic N) is 5. The number of amides is 2. The van der Waals surface area contributed by atoms with Crippen LogP contribution < -0.4 is 9.64 Å². The molecule has 3 aliphatic rings. The lowest BCUT2D eigenvalue weighted by Gasteiger charge is -2.40. The third kappa shape index (κ3) is 4.32. The number of halogens is 2. The molecule has 1 aromatic heterocycles. The molecule has 0 aliphatic carbocycles. The SMILES string of the molecule is C=CC(=O)N1CCN2C(=O)c3c(N4C[C@H]([N+](=C)C)CC4(C)C)nc(-c4ccccc4F)c(Cl)c3OC[C@H]2C1. The normalized spacial score (nSPS) is 22.3. The Labute approximate surface area is 226 Å². The highest BCUT2D eigenvalue weighted by Crippen LogP contribution is 2.46. The second-order valence-corrected chi connectivity index (χ2v) is 11.1. The highest BCUT2D eigenvalue weighted by molar-refractivity contribution is 6.35. The van der Waals surface area contributed by atoms with Gasteiger partial charge >= 0.3 is 0 Å². The summed E-state index contributed by atoms with van der Waals surface area (Å²) in [5.41, 5.74) is 0.335. The van der Waals surface area contributed by atoms with Crippen molar-refractivity contribution >= 4 is 36.0 Å². The Hall–Kier alpha value is -3.46. The molecule has 2 saturated heterocycles. The number of anilines is 1. The van der Waals surface area contributed by atoms with Crippen molar-refractivity contribution in [2.75, 3.05) is 44.7 Å². The van der Waals surface area contributed by atoms with Crippen LogP contribution in [0.4, 0.5) is 10.2 Å². The van der Waals surface area contributed by atoms with E-state index < -0.39 is 5.82 Å². The third-order valence-corrected chi connectivity index (χ3v) is 8.16. The van der Waals surface area contributed by atoms with Crippen LogP contribution in [0.25, 0.3) is 11.3 Å². The first-order valence-corrected chi connectivity index (χ1v) is 13.1. The minimum absolute atomic E-state index is 0.0869. The maximum absolute atomic E-state index is 15.0. The molecular weight excluding hydrogens is 509 g/mol. The van der Waals surface area contributed by atoms with Gasteiger partial charge in [-0.05, 0) is 32.1 Å². The molecule has 0 unspecified atom stereocenters. The maximum Gasteiger partial charge on any atom is 0.261 e. The van der Waals surface area contributed by atoms with Crippen LogP contribution in [0.1, 0.15) is 30.6 Å². The second-order valence-electron chi connectivity index (χ2n) is 10.8. The predicted octanol–water partition coefficient (Wildman–Crippen LogP) is 3.47.